The van der Waals surface area contributed by atoms with Crippen molar-refractivity contribution in [2.75, 3.05) is 20.8 Å². The Balaban J connectivity index is 0.00000243. The Morgan fingerprint density at radius 1 is 1.08 bits per heavy atom. The number of rotatable bonds is 6. The van der Waals surface area contributed by atoms with Crippen LogP contribution in [0.25, 0.3) is 0 Å². The predicted octanol–water partition coefficient (Wildman–Crippen LogP) is 3.88. The minimum absolute atomic E-state index is 0. The number of halogens is 1. The van der Waals surface area contributed by atoms with Crippen molar-refractivity contribution in [1.82, 2.24) is 5.32 Å². The summed E-state index contributed by atoms with van der Waals surface area (Å²) in [5.41, 5.74) is 1.89. The molecule has 1 heterocycles. The van der Waals surface area contributed by atoms with Crippen LogP contribution in [0.2, 0.25) is 0 Å². The number of carbonyl (C=O) groups is 1. The van der Waals surface area contributed by atoms with Crippen molar-refractivity contribution in [3.63, 3.8) is 0 Å². The maximum Gasteiger partial charge on any atom is 0.407 e. The van der Waals surface area contributed by atoms with Gasteiger partial charge in [-0.1, -0.05) is 30.3 Å². The third-order valence-electron chi connectivity index (χ3n) is 4.06. The van der Waals surface area contributed by atoms with Crippen molar-refractivity contribution in [2.24, 2.45) is 0 Å². The minimum atomic E-state index is -0.431. The van der Waals surface area contributed by atoms with E-state index in [0.29, 0.717) is 36.9 Å². The Hall–Kier alpha value is -2.60. The summed E-state index contributed by atoms with van der Waals surface area (Å²) in [4.78, 5) is 11.6. The van der Waals surface area contributed by atoms with Crippen molar-refractivity contribution in [3.05, 3.63) is 53.6 Å². The third-order valence-corrected chi connectivity index (χ3v) is 4.06. The van der Waals surface area contributed by atoms with Crippen molar-refractivity contribution in [3.8, 4) is 17.2 Å². The third kappa shape index (κ3) is 4.52. The lowest BCUT2D eigenvalue weighted by Gasteiger charge is -2.26. The van der Waals surface area contributed by atoms with Crippen LogP contribution in [-0.2, 0) is 11.3 Å². The topological polar surface area (TPSA) is 66.0 Å². The van der Waals surface area contributed by atoms with Crippen LogP contribution in [0.15, 0.2) is 42.5 Å². The molecular formula is C19H22ClNO5. The first-order chi connectivity index (χ1) is 12.2. The number of methoxy groups -OCH3 is 2. The Labute approximate surface area is 158 Å². The summed E-state index contributed by atoms with van der Waals surface area (Å²) in [5.74, 6) is 1.81. The lowest BCUT2D eigenvalue weighted by Crippen LogP contribution is -2.35. The van der Waals surface area contributed by atoms with Crippen molar-refractivity contribution >= 4 is 18.5 Å². The minimum Gasteiger partial charge on any atom is -0.493 e. The van der Waals surface area contributed by atoms with Gasteiger partial charge in [0.1, 0.15) is 12.4 Å². The van der Waals surface area contributed by atoms with Gasteiger partial charge in [-0.25, -0.2) is 4.79 Å². The van der Waals surface area contributed by atoms with Crippen LogP contribution >= 0.6 is 12.4 Å². The summed E-state index contributed by atoms with van der Waals surface area (Å²) < 4.78 is 21.7. The number of cyclic esters (lactones) is 1. The van der Waals surface area contributed by atoms with Crippen LogP contribution in [0.3, 0.4) is 0 Å². The van der Waals surface area contributed by atoms with Crippen LogP contribution in [0.1, 0.15) is 23.6 Å². The molecule has 3 rings (SSSR count). The number of carbonyl (C=O) groups excluding carboxylic acids is 1. The fourth-order valence-electron chi connectivity index (χ4n) is 2.77. The van der Waals surface area contributed by atoms with E-state index in [-0.39, 0.29) is 18.4 Å². The van der Waals surface area contributed by atoms with Crippen LogP contribution in [-0.4, -0.2) is 26.9 Å². The van der Waals surface area contributed by atoms with Gasteiger partial charge in [-0.2, -0.15) is 0 Å². The molecule has 6 nitrogen and oxygen atoms in total. The number of nitrogens with one attached hydrogen (secondary N) is 1. The van der Waals surface area contributed by atoms with Gasteiger partial charge in [-0.15, -0.1) is 12.4 Å². The summed E-state index contributed by atoms with van der Waals surface area (Å²) >= 11 is 0. The Kier molecular flexibility index (Phi) is 6.97. The molecular weight excluding hydrogens is 358 g/mol. The predicted molar refractivity (Wildman–Crippen MR) is 99.4 cm³/mol. The molecule has 1 atom stereocenters. The molecule has 0 bridgehead atoms. The highest BCUT2D eigenvalue weighted by atomic mass is 35.5. The van der Waals surface area contributed by atoms with Crippen LogP contribution < -0.4 is 19.5 Å². The number of amides is 1. The fourth-order valence-corrected chi connectivity index (χ4v) is 2.77. The van der Waals surface area contributed by atoms with Gasteiger partial charge >= 0.3 is 6.09 Å². The molecule has 0 aromatic heterocycles. The molecule has 1 aliphatic heterocycles. The average molecular weight is 380 g/mol. The lowest BCUT2D eigenvalue weighted by atomic mass is 10.0. The first-order valence-electron chi connectivity index (χ1n) is 8.07. The van der Waals surface area contributed by atoms with E-state index in [9.17, 15) is 4.79 Å². The van der Waals surface area contributed by atoms with Crippen molar-refractivity contribution in [1.29, 1.82) is 0 Å². The summed E-state index contributed by atoms with van der Waals surface area (Å²) in [6.07, 6.45) is 0.225. The van der Waals surface area contributed by atoms with Crippen molar-refractivity contribution < 1.29 is 23.7 Å². The standard InChI is InChI=1S/C19H21NO5.ClH/c1-22-17-10-14(15-8-9-24-19(21)20-15)16(11-18(17)23-2)25-12-13-6-4-3-5-7-13;/h3-7,10-11,15H,8-9,12H2,1-2H3,(H,20,21);1H/t15-;/m1./s1. The molecule has 0 saturated carbocycles. The monoisotopic (exact) mass is 379 g/mol. The van der Waals surface area contributed by atoms with Crippen LogP contribution in [0.5, 0.6) is 17.2 Å². The van der Waals surface area contributed by atoms with Gasteiger partial charge in [0.15, 0.2) is 11.5 Å². The van der Waals surface area contributed by atoms with Gasteiger partial charge in [-0.05, 0) is 11.6 Å². The molecule has 2 aromatic carbocycles. The molecule has 26 heavy (non-hydrogen) atoms. The van der Waals surface area contributed by atoms with E-state index in [4.69, 9.17) is 18.9 Å². The fraction of sp³-hybridized carbons (Fsp3) is 0.316. The lowest BCUT2D eigenvalue weighted by molar-refractivity contribution is 0.115. The van der Waals surface area contributed by atoms with E-state index in [2.05, 4.69) is 5.32 Å². The SMILES string of the molecule is COc1cc(OCc2ccccc2)c([C@H]2CCOC(=O)N2)cc1OC.Cl. The molecule has 2 aromatic rings. The molecule has 0 unspecified atom stereocenters. The molecule has 0 spiro atoms. The molecule has 0 radical (unpaired) electrons. The Morgan fingerprint density at radius 3 is 2.42 bits per heavy atom. The first kappa shape index (κ1) is 19.7. The zero-order chi connectivity index (χ0) is 17.6. The van der Waals surface area contributed by atoms with E-state index in [0.717, 1.165) is 11.1 Å². The zero-order valence-corrected chi connectivity index (χ0v) is 15.5. The Bertz CT molecular complexity index is 738. The van der Waals surface area contributed by atoms with E-state index < -0.39 is 6.09 Å². The second kappa shape index (κ2) is 9.20. The Morgan fingerprint density at radius 2 is 1.77 bits per heavy atom. The second-order valence-corrected chi connectivity index (χ2v) is 5.64. The molecule has 1 aliphatic rings. The number of alkyl carbamates (subject to hydrolysis) is 1. The van der Waals surface area contributed by atoms with Gasteiger partial charge in [0, 0.05) is 18.1 Å². The maximum atomic E-state index is 11.6. The zero-order valence-electron chi connectivity index (χ0n) is 14.7. The van der Waals surface area contributed by atoms with E-state index in [1.807, 2.05) is 36.4 Å². The average Bonchev–Trinajstić information content (AvgIpc) is 2.66. The molecule has 140 valence electrons. The van der Waals surface area contributed by atoms with Crippen molar-refractivity contribution in [2.45, 2.75) is 19.1 Å². The molecule has 0 aliphatic carbocycles. The normalized spacial score (nSPS) is 15.9. The molecule has 1 fully saturated rings. The van der Waals surface area contributed by atoms with Gasteiger partial charge in [0.25, 0.3) is 0 Å². The summed E-state index contributed by atoms with van der Waals surface area (Å²) in [5, 5.41) is 2.82. The summed E-state index contributed by atoms with van der Waals surface area (Å²) in [7, 11) is 3.16. The highest BCUT2D eigenvalue weighted by molar-refractivity contribution is 5.85. The van der Waals surface area contributed by atoms with Gasteiger partial charge in [0.05, 0.1) is 26.9 Å². The summed E-state index contributed by atoms with van der Waals surface area (Å²) in [6, 6.07) is 13.3. The number of hydrogen-bond donors (Lipinski definition) is 1. The van der Waals surface area contributed by atoms with E-state index in [1.54, 1.807) is 20.3 Å². The highest BCUT2D eigenvalue weighted by Gasteiger charge is 2.26. The smallest absolute Gasteiger partial charge is 0.407 e. The van der Waals surface area contributed by atoms with Crippen LogP contribution in [0.4, 0.5) is 4.79 Å². The maximum absolute atomic E-state index is 11.6. The number of benzene rings is 2. The van der Waals surface area contributed by atoms with Gasteiger partial charge in [0.2, 0.25) is 0 Å². The largest absolute Gasteiger partial charge is 0.493 e. The molecule has 1 N–H and O–H groups in total. The quantitative estimate of drug-likeness (QED) is 0.825. The first-order valence-corrected chi connectivity index (χ1v) is 8.07. The number of ether oxygens (including phenoxy) is 4. The van der Waals surface area contributed by atoms with Crippen LogP contribution in [0, 0.1) is 0 Å². The molecule has 1 amide bonds. The summed E-state index contributed by atoms with van der Waals surface area (Å²) in [6.45, 7) is 0.781. The highest BCUT2D eigenvalue weighted by Crippen LogP contribution is 2.39. The molecule has 7 heteroatoms. The van der Waals surface area contributed by atoms with E-state index >= 15 is 0 Å². The number of hydrogen-bond acceptors (Lipinski definition) is 5. The van der Waals surface area contributed by atoms with Gasteiger partial charge < -0.3 is 24.3 Å². The van der Waals surface area contributed by atoms with E-state index in [1.165, 1.54) is 0 Å². The van der Waals surface area contributed by atoms with Gasteiger partial charge in [-0.3, -0.25) is 0 Å². The second-order valence-electron chi connectivity index (χ2n) is 5.64. The molecule has 1 saturated heterocycles.